The van der Waals surface area contributed by atoms with E-state index in [4.69, 9.17) is 11.6 Å². The van der Waals surface area contributed by atoms with Crippen molar-refractivity contribution in [3.05, 3.63) is 47.5 Å². The van der Waals surface area contributed by atoms with Gasteiger partial charge in [0.1, 0.15) is 6.04 Å². The second-order valence-corrected chi connectivity index (χ2v) is 6.07. The Labute approximate surface area is 146 Å². The van der Waals surface area contributed by atoms with Crippen LogP contribution in [0.15, 0.2) is 36.9 Å². The molecule has 6 nitrogen and oxygen atoms in total. The first kappa shape index (κ1) is 18.0. The zero-order valence-electron chi connectivity index (χ0n) is 13.7. The van der Waals surface area contributed by atoms with Gasteiger partial charge in [0, 0.05) is 32.2 Å². The van der Waals surface area contributed by atoms with E-state index in [1.807, 2.05) is 18.2 Å². The largest absolute Gasteiger partial charge is 0.335 e. The molecule has 1 saturated heterocycles. The Bertz CT molecular complexity index is 677. The molecule has 0 aromatic heterocycles. The van der Waals surface area contributed by atoms with Crippen LogP contribution >= 0.6 is 11.6 Å². The van der Waals surface area contributed by atoms with E-state index in [-0.39, 0.29) is 18.2 Å². The van der Waals surface area contributed by atoms with Crippen LogP contribution in [-0.2, 0) is 16.1 Å². The summed E-state index contributed by atoms with van der Waals surface area (Å²) in [7, 11) is 2.93. The Hall–Kier alpha value is -2.34. The van der Waals surface area contributed by atoms with Crippen molar-refractivity contribution in [2.75, 3.05) is 20.6 Å². The third-order valence-electron chi connectivity index (χ3n) is 4.06. The van der Waals surface area contributed by atoms with Crippen LogP contribution in [0.2, 0.25) is 5.02 Å². The predicted molar refractivity (Wildman–Crippen MR) is 91.4 cm³/mol. The molecule has 1 aliphatic heterocycles. The molecular formula is C17H20ClN3O3. The highest BCUT2D eigenvalue weighted by molar-refractivity contribution is 6.31. The Kier molecular flexibility index (Phi) is 5.62. The van der Waals surface area contributed by atoms with Crippen LogP contribution in [-0.4, -0.2) is 59.2 Å². The molecule has 4 amide bonds. The Morgan fingerprint density at radius 2 is 2.00 bits per heavy atom. The number of urea groups is 1. The quantitative estimate of drug-likeness (QED) is 0.584. The summed E-state index contributed by atoms with van der Waals surface area (Å²) in [4.78, 5) is 40.4. The van der Waals surface area contributed by atoms with Gasteiger partial charge in [0.25, 0.3) is 5.91 Å². The van der Waals surface area contributed by atoms with Crippen LogP contribution in [0.25, 0.3) is 0 Å². The van der Waals surface area contributed by atoms with Crippen LogP contribution in [0.4, 0.5) is 4.79 Å². The molecule has 1 fully saturated rings. The maximum atomic E-state index is 12.6. The summed E-state index contributed by atoms with van der Waals surface area (Å²) in [6.07, 6.45) is 1.55. The zero-order valence-corrected chi connectivity index (χ0v) is 14.5. The number of halogens is 1. The molecule has 1 aliphatic rings. The van der Waals surface area contributed by atoms with Crippen LogP contribution in [0.3, 0.4) is 0 Å². The summed E-state index contributed by atoms with van der Waals surface area (Å²) in [5, 5.41) is 0.573. The molecule has 24 heavy (non-hydrogen) atoms. The maximum Gasteiger partial charge on any atom is 0.326 e. The molecule has 0 aliphatic carbocycles. The van der Waals surface area contributed by atoms with Crippen LogP contribution in [0.1, 0.15) is 12.0 Å². The fraction of sp³-hybridized carbons (Fsp3) is 0.353. The van der Waals surface area contributed by atoms with Crippen LogP contribution in [0, 0.1) is 0 Å². The van der Waals surface area contributed by atoms with Gasteiger partial charge in [-0.05, 0) is 11.6 Å². The number of likely N-dealkylation sites (N-methyl/N-ethyl adjacent to an activating group) is 2. The lowest BCUT2D eigenvalue weighted by Gasteiger charge is -2.24. The van der Waals surface area contributed by atoms with Crippen LogP contribution in [0.5, 0.6) is 0 Å². The van der Waals surface area contributed by atoms with E-state index in [2.05, 4.69) is 6.58 Å². The normalized spacial score (nSPS) is 17.4. The van der Waals surface area contributed by atoms with E-state index in [9.17, 15) is 14.4 Å². The van der Waals surface area contributed by atoms with Gasteiger partial charge in [-0.15, -0.1) is 6.58 Å². The number of hydrogen-bond acceptors (Lipinski definition) is 3. The predicted octanol–water partition coefficient (Wildman–Crippen LogP) is 2.14. The van der Waals surface area contributed by atoms with E-state index in [1.54, 1.807) is 17.0 Å². The molecule has 128 valence electrons. The van der Waals surface area contributed by atoms with Gasteiger partial charge in [-0.25, -0.2) is 4.79 Å². The van der Waals surface area contributed by atoms with Gasteiger partial charge in [0.15, 0.2) is 0 Å². The first-order chi connectivity index (χ1) is 11.4. The van der Waals surface area contributed by atoms with Crippen LogP contribution < -0.4 is 0 Å². The first-order valence-electron chi connectivity index (χ1n) is 7.53. The van der Waals surface area contributed by atoms with Crippen molar-refractivity contribution >= 4 is 29.4 Å². The summed E-state index contributed by atoms with van der Waals surface area (Å²) in [6.45, 7) is 4.32. The van der Waals surface area contributed by atoms with E-state index in [0.29, 0.717) is 18.1 Å². The topological polar surface area (TPSA) is 60.9 Å². The summed E-state index contributed by atoms with van der Waals surface area (Å²) in [6, 6.07) is 6.09. The molecule has 1 aromatic carbocycles. The van der Waals surface area contributed by atoms with E-state index in [1.165, 1.54) is 19.0 Å². The fourth-order valence-corrected chi connectivity index (χ4v) is 2.81. The molecule has 0 radical (unpaired) electrons. The highest BCUT2D eigenvalue weighted by Crippen LogP contribution is 2.20. The van der Waals surface area contributed by atoms with Gasteiger partial charge in [-0.2, -0.15) is 0 Å². The summed E-state index contributed by atoms with van der Waals surface area (Å²) >= 11 is 6.15. The van der Waals surface area contributed by atoms with E-state index >= 15 is 0 Å². The van der Waals surface area contributed by atoms with Crippen molar-refractivity contribution < 1.29 is 14.4 Å². The molecule has 2 rings (SSSR count). The number of nitrogens with zero attached hydrogens (tertiary/aromatic N) is 3. The van der Waals surface area contributed by atoms with Crippen molar-refractivity contribution in [2.45, 2.75) is 19.0 Å². The summed E-state index contributed by atoms with van der Waals surface area (Å²) < 4.78 is 0. The van der Waals surface area contributed by atoms with Crippen molar-refractivity contribution in [1.82, 2.24) is 14.7 Å². The average Bonchev–Trinajstić information content (AvgIpc) is 2.74. The average molecular weight is 350 g/mol. The van der Waals surface area contributed by atoms with Crippen molar-refractivity contribution in [3.8, 4) is 0 Å². The molecule has 1 heterocycles. The van der Waals surface area contributed by atoms with Gasteiger partial charge in [0.05, 0.1) is 6.42 Å². The lowest BCUT2D eigenvalue weighted by Crippen LogP contribution is -2.39. The molecule has 0 saturated carbocycles. The molecular weight excluding hydrogens is 330 g/mol. The second kappa shape index (κ2) is 7.49. The number of hydrogen-bond donors (Lipinski definition) is 0. The highest BCUT2D eigenvalue weighted by atomic mass is 35.5. The van der Waals surface area contributed by atoms with Crippen molar-refractivity contribution in [2.24, 2.45) is 0 Å². The number of amides is 4. The first-order valence-corrected chi connectivity index (χ1v) is 7.91. The van der Waals surface area contributed by atoms with Gasteiger partial charge < -0.3 is 9.80 Å². The minimum Gasteiger partial charge on any atom is -0.335 e. The minimum absolute atomic E-state index is 0.0658. The van der Waals surface area contributed by atoms with Gasteiger partial charge in [0.2, 0.25) is 5.91 Å². The van der Waals surface area contributed by atoms with Crippen molar-refractivity contribution in [1.29, 1.82) is 0 Å². The second-order valence-electron chi connectivity index (χ2n) is 5.67. The highest BCUT2D eigenvalue weighted by Gasteiger charge is 2.42. The third-order valence-corrected chi connectivity index (χ3v) is 4.43. The standard InChI is InChI=1S/C17H20ClN3O3/c1-4-9-21(11-12-7-5-6-8-13(12)18)15(22)10-14-16(23)20(3)17(24)19(14)2/h4-8,14H,1,9-11H2,2-3H3/t14-/m0/s1. The molecule has 7 heteroatoms. The lowest BCUT2D eigenvalue weighted by atomic mass is 10.1. The number of benzene rings is 1. The lowest BCUT2D eigenvalue weighted by molar-refractivity contribution is -0.136. The molecule has 0 unspecified atom stereocenters. The molecule has 0 N–H and O–H groups in total. The fourth-order valence-electron chi connectivity index (χ4n) is 2.61. The van der Waals surface area contributed by atoms with Gasteiger partial charge in [-0.1, -0.05) is 35.9 Å². The number of rotatable bonds is 6. The van der Waals surface area contributed by atoms with E-state index in [0.717, 1.165) is 10.5 Å². The molecule has 0 spiro atoms. The van der Waals surface area contributed by atoms with Crippen molar-refractivity contribution in [3.63, 3.8) is 0 Å². The Balaban J connectivity index is 2.12. The summed E-state index contributed by atoms with van der Waals surface area (Å²) in [5.74, 6) is -0.602. The van der Waals surface area contributed by atoms with E-state index < -0.39 is 12.1 Å². The third kappa shape index (κ3) is 3.59. The number of imide groups is 1. The molecule has 0 bridgehead atoms. The zero-order chi connectivity index (χ0) is 17.9. The van der Waals surface area contributed by atoms with Gasteiger partial charge in [-0.3, -0.25) is 14.5 Å². The smallest absolute Gasteiger partial charge is 0.326 e. The monoisotopic (exact) mass is 349 g/mol. The van der Waals surface area contributed by atoms with Gasteiger partial charge >= 0.3 is 6.03 Å². The summed E-state index contributed by atoms with van der Waals surface area (Å²) in [5.41, 5.74) is 0.814. The molecule has 1 aromatic rings. The minimum atomic E-state index is -0.770. The number of carbonyl (C=O) groups excluding carboxylic acids is 3. The number of carbonyl (C=O) groups is 3. The Morgan fingerprint density at radius 3 is 2.54 bits per heavy atom. The maximum absolute atomic E-state index is 12.6. The molecule has 1 atom stereocenters. The Morgan fingerprint density at radius 1 is 1.33 bits per heavy atom. The SMILES string of the molecule is C=CCN(Cc1ccccc1Cl)C(=O)C[C@H]1C(=O)N(C)C(=O)N1C.